The van der Waals surface area contributed by atoms with Crippen LogP contribution in [0, 0.1) is 12.8 Å². The highest BCUT2D eigenvalue weighted by atomic mass is 16.5. The van der Waals surface area contributed by atoms with Crippen LogP contribution in [0.15, 0.2) is 36.5 Å². The summed E-state index contributed by atoms with van der Waals surface area (Å²) in [6, 6.07) is 9.88. The first-order valence-electron chi connectivity index (χ1n) is 10.8. The zero-order valence-corrected chi connectivity index (χ0v) is 17.6. The summed E-state index contributed by atoms with van der Waals surface area (Å²) in [5.74, 6) is 1.83. The van der Waals surface area contributed by atoms with Gasteiger partial charge in [-0.15, -0.1) is 5.10 Å². The molecular weight excluding hydrogens is 396 g/mol. The van der Waals surface area contributed by atoms with E-state index < -0.39 is 0 Å². The van der Waals surface area contributed by atoms with Crippen molar-refractivity contribution in [1.82, 2.24) is 20.0 Å². The lowest BCUT2D eigenvalue weighted by atomic mass is 9.87. The minimum atomic E-state index is 0.0748. The molecule has 162 valence electrons. The van der Waals surface area contributed by atoms with E-state index in [0.717, 1.165) is 12.0 Å². The van der Waals surface area contributed by atoms with Gasteiger partial charge in [0.05, 0.1) is 12.3 Å². The van der Waals surface area contributed by atoms with Crippen molar-refractivity contribution in [2.24, 2.45) is 5.92 Å². The number of fused-ring (bicyclic) bond motifs is 1. The second-order valence-corrected chi connectivity index (χ2v) is 8.66. The number of aryl methyl sites for hydroxylation is 1. The molecular formula is C23H26N4O4. The summed E-state index contributed by atoms with van der Waals surface area (Å²) >= 11 is 0. The Kier molecular flexibility index (Phi) is 5.31. The summed E-state index contributed by atoms with van der Waals surface area (Å²) in [6.07, 6.45) is 3.10. The Hall–Kier alpha value is -3.00. The van der Waals surface area contributed by atoms with Crippen LogP contribution in [-0.2, 0) is 9.53 Å². The van der Waals surface area contributed by atoms with Crippen molar-refractivity contribution < 1.29 is 19.1 Å². The number of urea groups is 1. The summed E-state index contributed by atoms with van der Waals surface area (Å²) in [4.78, 5) is 28.4. The lowest BCUT2D eigenvalue weighted by molar-refractivity contribution is -0.140. The number of rotatable bonds is 3. The molecule has 8 heteroatoms. The molecule has 0 bridgehead atoms. The molecule has 0 unspecified atom stereocenters. The van der Waals surface area contributed by atoms with Crippen LogP contribution in [0.5, 0.6) is 11.6 Å². The molecule has 3 saturated heterocycles. The van der Waals surface area contributed by atoms with E-state index in [2.05, 4.69) is 10.2 Å². The topological polar surface area (TPSA) is 84.9 Å². The minimum Gasteiger partial charge on any atom is -0.437 e. The molecule has 1 aromatic carbocycles. The SMILES string of the molecule is Cc1ccnnc1Oc1ccc(C2CN(C(=O)N3CC[C@@H]4OCC(=O)C[C@@H]4C3)C2)cc1. The van der Waals surface area contributed by atoms with Crippen molar-refractivity contribution in [3.63, 3.8) is 0 Å². The van der Waals surface area contributed by atoms with Gasteiger partial charge in [0.15, 0.2) is 5.78 Å². The molecule has 2 aromatic rings. The molecule has 3 aliphatic heterocycles. The van der Waals surface area contributed by atoms with Crippen molar-refractivity contribution in [3.8, 4) is 11.6 Å². The average Bonchev–Trinajstić information content (AvgIpc) is 2.75. The number of likely N-dealkylation sites (tertiary alicyclic amines) is 2. The van der Waals surface area contributed by atoms with Crippen LogP contribution in [0.3, 0.4) is 0 Å². The number of carbonyl (C=O) groups excluding carboxylic acids is 2. The van der Waals surface area contributed by atoms with Crippen LogP contribution in [0.4, 0.5) is 4.79 Å². The standard InChI is InChI=1S/C23H26N4O4/c1-15-6-8-24-25-22(15)31-20-4-2-16(3-5-20)18-12-27(13-18)23(29)26-9-7-21-17(11-26)10-19(28)14-30-21/h2-6,8,17-18,21H,7,9-14H2,1H3/t17-,21+/m1/s1. The molecule has 4 heterocycles. The molecule has 2 amide bonds. The van der Waals surface area contributed by atoms with E-state index in [1.807, 2.05) is 47.1 Å². The second-order valence-electron chi connectivity index (χ2n) is 8.66. The van der Waals surface area contributed by atoms with Gasteiger partial charge in [-0.3, -0.25) is 4.79 Å². The predicted molar refractivity (Wildman–Crippen MR) is 112 cm³/mol. The third-order valence-corrected chi connectivity index (χ3v) is 6.48. The Bertz CT molecular complexity index is 974. The Balaban J connectivity index is 1.14. The Labute approximate surface area is 181 Å². The van der Waals surface area contributed by atoms with Gasteiger partial charge < -0.3 is 19.3 Å². The molecule has 3 fully saturated rings. The molecule has 0 N–H and O–H groups in total. The molecule has 3 aliphatic rings. The lowest BCUT2D eigenvalue weighted by Gasteiger charge is -2.46. The predicted octanol–water partition coefficient (Wildman–Crippen LogP) is 2.78. The van der Waals surface area contributed by atoms with Crippen molar-refractivity contribution in [3.05, 3.63) is 47.7 Å². The summed E-state index contributed by atoms with van der Waals surface area (Å²) in [5, 5.41) is 7.87. The Morgan fingerprint density at radius 1 is 1.13 bits per heavy atom. The van der Waals surface area contributed by atoms with Crippen LogP contribution >= 0.6 is 0 Å². The third-order valence-electron chi connectivity index (χ3n) is 6.48. The van der Waals surface area contributed by atoms with Crippen molar-refractivity contribution in [2.75, 3.05) is 32.8 Å². The molecule has 1 aromatic heterocycles. The van der Waals surface area contributed by atoms with Crippen molar-refractivity contribution >= 4 is 11.8 Å². The number of hydrogen-bond donors (Lipinski definition) is 0. The van der Waals surface area contributed by atoms with E-state index in [-0.39, 0.29) is 30.4 Å². The maximum absolute atomic E-state index is 12.9. The van der Waals surface area contributed by atoms with Gasteiger partial charge in [-0.05, 0) is 37.1 Å². The van der Waals surface area contributed by atoms with Gasteiger partial charge in [0.2, 0.25) is 5.88 Å². The monoisotopic (exact) mass is 422 g/mol. The number of carbonyl (C=O) groups is 2. The summed E-state index contributed by atoms with van der Waals surface area (Å²) in [6.45, 7) is 4.89. The number of piperidine rings is 1. The van der Waals surface area contributed by atoms with Gasteiger partial charge in [0, 0.05) is 50.0 Å². The summed E-state index contributed by atoms with van der Waals surface area (Å²) in [5.41, 5.74) is 2.12. The molecule has 2 atom stereocenters. The second kappa shape index (κ2) is 8.26. The van der Waals surface area contributed by atoms with E-state index in [0.29, 0.717) is 50.1 Å². The first-order valence-corrected chi connectivity index (χ1v) is 10.8. The lowest BCUT2D eigenvalue weighted by Crippen LogP contribution is -2.58. The van der Waals surface area contributed by atoms with Crippen LogP contribution in [0.2, 0.25) is 0 Å². The van der Waals surface area contributed by atoms with E-state index >= 15 is 0 Å². The quantitative estimate of drug-likeness (QED) is 0.756. The maximum atomic E-state index is 12.9. The first kappa shape index (κ1) is 19.9. The van der Waals surface area contributed by atoms with Crippen molar-refractivity contribution in [1.29, 1.82) is 0 Å². The van der Waals surface area contributed by atoms with Crippen LogP contribution in [0.1, 0.15) is 29.9 Å². The number of benzene rings is 1. The third kappa shape index (κ3) is 4.12. The fourth-order valence-electron chi connectivity index (χ4n) is 4.60. The Morgan fingerprint density at radius 3 is 2.71 bits per heavy atom. The van der Waals surface area contributed by atoms with Gasteiger partial charge in [0.25, 0.3) is 0 Å². The van der Waals surface area contributed by atoms with Gasteiger partial charge >= 0.3 is 6.03 Å². The molecule has 0 aliphatic carbocycles. The zero-order valence-electron chi connectivity index (χ0n) is 17.6. The smallest absolute Gasteiger partial charge is 0.320 e. The molecule has 0 spiro atoms. The number of ether oxygens (including phenoxy) is 2. The first-order chi connectivity index (χ1) is 15.1. The van der Waals surface area contributed by atoms with Gasteiger partial charge in [-0.25, -0.2) is 4.79 Å². The van der Waals surface area contributed by atoms with Crippen molar-refractivity contribution in [2.45, 2.75) is 31.8 Å². The number of aromatic nitrogens is 2. The fraction of sp³-hybridized carbons (Fsp3) is 0.478. The van der Waals surface area contributed by atoms with Crippen LogP contribution < -0.4 is 4.74 Å². The molecule has 0 saturated carbocycles. The number of Topliss-reactive ketones (excluding diaryl/α,β-unsaturated/α-hetero) is 1. The minimum absolute atomic E-state index is 0.0748. The highest BCUT2D eigenvalue weighted by molar-refractivity contribution is 5.81. The van der Waals surface area contributed by atoms with Gasteiger partial charge in [-0.1, -0.05) is 12.1 Å². The molecule has 0 radical (unpaired) electrons. The highest BCUT2D eigenvalue weighted by Gasteiger charge is 2.40. The number of hydrogen-bond acceptors (Lipinski definition) is 6. The van der Waals surface area contributed by atoms with E-state index in [1.54, 1.807) is 6.20 Å². The number of nitrogens with zero attached hydrogens (tertiary/aromatic N) is 4. The highest BCUT2D eigenvalue weighted by Crippen LogP contribution is 2.32. The number of ketones is 1. The van der Waals surface area contributed by atoms with E-state index in [9.17, 15) is 9.59 Å². The van der Waals surface area contributed by atoms with Gasteiger partial charge in [-0.2, -0.15) is 5.10 Å². The fourth-order valence-corrected chi connectivity index (χ4v) is 4.60. The molecule has 31 heavy (non-hydrogen) atoms. The average molecular weight is 422 g/mol. The molecule has 5 rings (SSSR count). The van der Waals surface area contributed by atoms with E-state index in [4.69, 9.17) is 9.47 Å². The Morgan fingerprint density at radius 2 is 1.94 bits per heavy atom. The maximum Gasteiger partial charge on any atom is 0.320 e. The van der Waals surface area contributed by atoms with Crippen LogP contribution in [-0.4, -0.2) is 70.7 Å². The molecule has 8 nitrogen and oxygen atoms in total. The van der Waals surface area contributed by atoms with Crippen LogP contribution in [0.25, 0.3) is 0 Å². The summed E-state index contributed by atoms with van der Waals surface area (Å²) < 4.78 is 11.4. The normalized spacial score (nSPS) is 23.8. The number of amides is 2. The van der Waals surface area contributed by atoms with Gasteiger partial charge in [0.1, 0.15) is 12.4 Å². The summed E-state index contributed by atoms with van der Waals surface area (Å²) in [7, 11) is 0. The largest absolute Gasteiger partial charge is 0.437 e. The zero-order chi connectivity index (χ0) is 21.4. The van der Waals surface area contributed by atoms with E-state index in [1.165, 1.54) is 5.56 Å².